The molecule has 0 fully saturated rings. The van der Waals surface area contributed by atoms with Gasteiger partial charge in [-0.25, -0.2) is 4.98 Å². The maximum Gasteiger partial charge on any atom is 0.230 e. The van der Waals surface area contributed by atoms with E-state index in [1.165, 1.54) is 11.1 Å². The van der Waals surface area contributed by atoms with Crippen LogP contribution in [0.1, 0.15) is 16.8 Å². The van der Waals surface area contributed by atoms with E-state index in [2.05, 4.69) is 17.2 Å². The number of amides is 1. The molecular formula is C17H16N2OS2. The molecular weight excluding hydrogens is 312 g/mol. The fraction of sp³-hybridized carbons (Fsp3) is 0.176. The highest BCUT2D eigenvalue weighted by Crippen LogP contribution is 2.28. The molecule has 5 heteroatoms. The zero-order valence-corrected chi connectivity index (χ0v) is 14.1. The Bertz CT molecular complexity index is 791. The summed E-state index contributed by atoms with van der Waals surface area (Å²) in [6, 6.07) is 9.99. The number of hydrogen-bond acceptors (Lipinski definition) is 4. The number of aryl methyl sites for hydroxylation is 2. The summed E-state index contributed by atoms with van der Waals surface area (Å²) in [4.78, 5) is 17.8. The highest BCUT2D eigenvalue weighted by atomic mass is 32.1. The third-order valence-corrected chi connectivity index (χ3v) is 5.35. The molecule has 0 spiro atoms. The standard InChI is InChI=1S/C17H16N2OS2/c1-11-5-6-13(8-12(11)2)18-16(20)9-14-10-22-17(19-14)15-4-3-7-21-15/h3-8,10H,9H2,1-2H3,(H,18,20). The van der Waals surface area contributed by atoms with Gasteiger partial charge in [-0.1, -0.05) is 12.1 Å². The van der Waals surface area contributed by atoms with Gasteiger partial charge in [0.05, 0.1) is 17.0 Å². The number of carbonyl (C=O) groups excluding carboxylic acids is 1. The maximum absolute atomic E-state index is 12.1. The zero-order valence-electron chi connectivity index (χ0n) is 12.4. The summed E-state index contributed by atoms with van der Waals surface area (Å²) >= 11 is 3.24. The maximum atomic E-state index is 12.1. The fourth-order valence-corrected chi connectivity index (χ4v) is 3.72. The van der Waals surface area contributed by atoms with Crippen LogP contribution in [-0.4, -0.2) is 10.9 Å². The Labute approximate surface area is 137 Å². The van der Waals surface area contributed by atoms with Crippen molar-refractivity contribution in [2.75, 3.05) is 5.32 Å². The summed E-state index contributed by atoms with van der Waals surface area (Å²) in [7, 11) is 0. The van der Waals surface area contributed by atoms with Crippen LogP contribution < -0.4 is 5.32 Å². The Kier molecular flexibility index (Phi) is 4.36. The van der Waals surface area contributed by atoms with Crippen LogP contribution in [-0.2, 0) is 11.2 Å². The van der Waals surface area contributed by atoms with Crippen molar-refractivity contribution in [3.8, 4) is 9.88 Å². The Balaban J connectivity index is 1.65. The Morgan fingerprint density at radius 1 is 1.18 bits per heavy atom. The summed E-state index contributed by atoms with van der Waals surface area (Å²) in [6.07, 6.45) is 0.300. The molecule has 0 unspecified atom stereocenters. The first kappa shape index (κ1) is 14.9. The van der Waals surface area contributed by atoms with Crippen LogP contribution in [0.25, 0.3) is 9.88 Å². The third-order valence-electron chi connectivity index (χ3n) is 3.42. The van der Waals surface area contributed by atoms with Crippen molar-refractivity contribution >= 4 is 34.3 Å². The number of aromatic nitrogens is 1. The van der Waals surface area contributed by atoms with Crippen LogP contribution in [0.2, 0.25) is 0 Å². The number of hydrogen-bond donors (Lipinski definition) is 1. The molecule has 0 bridgehead atoms. The number of thiophene rings is 1. The Hall–Kier alpha value is -1.98. The molecule has 3 nitrogen and oxygen atoms in total. The van der Waals surface area contributed by atoms with Gasteiger partial charge in [0.15, 0.2) is 0 Å². The Morgan fingerprint density at radius 2 is 2.05 bits per heavy atom. The van der Waals surface area contributed by atoms with Crippen LogP contribution in [0.5, 0.6) is 0 Å². The van der Waals surface area contributed by atoms with E-state index in [-0.39, 0.29) is 5.91 Å². The average molecular weight is 328 g/mol. The molecule has 1 amide bonds. The van der Waals surface area contributed by atoms with E-state index >= 15 is 0 Å². The number of nitrogens with one attached hydrogen (secondary N) is 1. The van der Waals surface area contributed by atoms with Gasteiger partial charge in [0, 0.05) is 11.1 Å². The van der Waals surface area contributed by atoms with E-state index < -0.39 is 0 Å². The van der Waals surface area contributed by atoms with E-state index in [1.54, 1.807) is 22.7 Å². The quantitative estimate of drug-likeness (QED) is 0.756. The van der Waals surface area contributed by atoms with E-state index in [4.69, 9.17) is 0 Å². The Morgan fingerprint density at radius 3 is 2.77 bits per heavy atom. The minimum Gasteiger partial charge on any atom is -0.326 e. The molecule has 0 aliphatic carbocycles. The highest BCUT2D eigenvalue weighted by Gasteiger charge is 2.10. The van der Waals surface area contributed by atoms with E-state index in [9.17, 15) is 4.79 Å². The fourth-order valence-electron chi connectivity index (χ4n) is 2.09. The van der Waals surface area contributed by atoms with Crippen molar-refractivity contribution < 1.29 is 4.79 Å². The number of carbonyl (C=O) groups is 1. The lowest BCUT2D eigenvalue weighted by Crippen LogP contribution is -2.14. The van der Waals surface area contributed by atoms with Gasteiger partial charge in [0.25, 0.3) is 0 Å². The van der Waals surface area contributed by atoms with Gasteiger partial charge in [0.1, 0.15) is 5.01 Å². The van der Waals surface area contributed by atoms with Crippen LogP contribution in [0.3, 0.4) is 0 Å². The monoisotopic (exact) mass is 328 g/mol. The lowest BCUT2D eigenvalue weighted by Gasteiger charge is -2.06. The van der Waals surface area contributed by atoms with Crippen molar-refractivity contribution in [2.24, 2.45) is 0 Å². The van der Waals surface area contributed by atoms with Crippen molar-refractivity contribution in [3.63, 3.8) is 0 Å². The normalized spacial score (nSPS) is 10.6. The number of benzene rings is 1. The SMILES string of the molecule is Cc1ccc(NC(=O)Cc2csc(-c3cccs3)n2)cc1C. The van der Waals surface area contributed by atoms with E-state index in [0.717, 1.165) is 21.3 Å². The summed E-state index contributed by atoms with van der Waals surface area (Å²) < 4.78 is 0. The molecule has 112 valence electrons. The predicted molar refractivity (Wildman–Crippen MR) is 93.7 cm³/mol. The topological polar surface area (TPSA) is 42.0 Å². The van der Waals surface area contributed by atoms with Crippen molar-refractivity contribution in [3.05, 3.63) is 57.9 Å². The summed E-state index contributed by atoms with van der Waals surface area (Å²) in [5, 5.41) is 7.89. The predicted octanol–water partition coefficient (Wildman–Crippen LogP) is 4.67. The number of anilines is 1. The summed E-state index contributed by atoms with van der Waals surface area (Å²) in [5.74, 6) is -0.0358. The van der Waals surface area contributed by atoms with Gasteiger partial charge in [-0.15, -0.1) is 22.7 Å². The van der Waals surface area contributed by atoms with Crippen molar-refractivity contribution in [1.29, 1.82) is 0 Å². The van der Waals surface area contributed by atoms with Crippen LogP contribution in [0, 0.1) is 13.8 Å². The first-order chi connectivity index (χ1) is 10.6. The van der Waals surface area contributed by atoms with Gasteiger partial charge < -0.3 is 5.32 Å². The lowest BCUT2D eigenvalue weighted by molar-refractivity contribution is -0.115. The number of nitrogens with zero attached hydrogens (tertiary/aromatic N) is 1. The van der Waals surface area contributed by atoms with Crippen LogP contribution in [0.4, 0.5) is 5.69 Å². The molecule has 3 aromatic rings. The first-order valence-corrected chi connectivity index (χ1v) is 8.73. The molecule has 2 aromatic heterocycles. The largest absolute Gasteiger partial charge is 0.326 e. The van der Waals surface area contributed by atoms with E-state index in [0.29, 0.717) is 6.42 Å². The molecule has 1 N–H and O–H groups in total. The molecule has 0 saturated heterocycles. The lowest BCUT2D eigenvalue weighted by atomic mass is 10.1. The third kappa shape index (κ3) is 3.43. The first-order valence-electron chi connectivity index (χ1n) is 6.97. The number of thiazole rings is 1. The molecule has 1 aromatic carbocycles. The van der Waals surface area contributed by atoms with Gasteiger partial charge >= 0.3 is 0 Å². The van der Waals surface area contributed by atoms with Crippen molar-refractivity contribution in [2.45, 2.75) is 20.3 Å². The number of rotatable bonds is 4. The minimum atomic E-state index is -0.0358. The second kappa shape index (κ2) is 6.42. The zero-order chi connectivity index (χ0) is 15.5. The minimum absolute atomic E-state index is 0.0358. The van der Waals surface area contributed by atoms with Crippen LogP contribution >= 0.6 is 22.7 Å². The average Bonchev–Trinajstić information content (AvgIpc) is 3.13. The second-order valence-corrected chi connectivity index (χ2v) is 6.95. The molecule has 22 heavy (non-hydrogen) atoms. The molecule has 0 aliphatic rings. The van der Waals surface area contributed by atoms with Gasteiger partial charge in [-0.3, -0.25) is 4.79 Å². The highest BCUT2D eigenvalue weighted by molar-refractivity contribution is 7.20. The summed E-state index contributed by atoms with van der Waals surface area (Å²) in [6.45, 7) is 4.10. The van der Waals surface area contributed by atoms with E-state index in [1.807, 2.05) is 48.0 Å². The van der Waals surface area contributed by atoms with Crippen LogP contribution in [0.15, 0.2) is 41.1 Å². The molecule has 0 atom stereocenters. The van der Waals surface area contributed by atoms with Crippen molar-refractivity contribution in [1.82, 2.24) is 4.98 Å². The smallest absolute Gasteiger partial charge is 0.230 e. The molecule has 0 saturated carbocycles. The van der Waals surface area contributed by atoms with Gasteiger partial charge in [-0.05, 0) is 48.6 Å². The molecule has 0 aliphatic heterocycles. The van der Waals surface area contributed by atoms with Gasteiger partial charge in [0.2, 0.25) is 5.91 Å². The summed E-state index contributed by atoms with van der Waals surface area (Å²) in [5.41, 5.74) is 4.04. The van der Waals surface area contributed by atoms with Gasteiger partial charge in [-0.2, -0.15) is 0 Å². The molecule has 2 heterocycles. The molecule has 3 rings (SSSR count). The molecule has 0 radical (unpaired) electrons. The second-order valence-electron chi connectivity index (χ2n) is 5.15.